The molecule has 0 bridgehead atoms. The molecule has 0 unspecified atom stereocenters. The van der Waals surface area contributed by atoms with Crippen molar-refractivity contribution in [1.29, 1.82) is 0 Å². The molecule has 6 aromatic carbocycles. The summed E-state index contributed by atoms with van der Waals surface area (Å²) >= 11 is 0. The number of fused-ring (bicyclic) bond motifs is 3. The zero-order chi connectivity index (χ0) is 40.8. The second-order valence-electron chi connectivity index (χ2n) is 17.3. The third kappa shape index (κ3) is 8.26. The summed E-state index contributed by atoms with van der Waals surface area (Å²) in [5, 5.41) is 0. The molecule has 0 atom stereocenters. The topological polar surface area (TPSA) is 6.48 Å². The number of hydrogen-bond acceptors (Lipinski definition) is 2. The minimum Gasteiger partial charge on any atom is -0.310 e. The number of nitrogens with zero attached hydrogens (tertiary/aromatic N) is 2. The maximum Gasteiger partial charge on any atom is 0.0520 e. The fraction of sp³-hybridized carbons (Fsp3) is 0.357. The third-order valence-electron chi connectivity index (χ3n) is 12.9. The molecular weight excluding hydrogens is 701 g/mol. The van der Waals surface area contributed by atoms with E-state index in [9.17, 15) is 0 Å². The molecule has 0 radical (unpaired) electrons. The Morgan fingerprint density at radius 3 is 1.14 bits per heavy atom. The molecule has 0 spiro atoms. The summed E-state index contributed by atoms with van der Waals surface area (Å²) in [7, 11) is 0. The summed E-state index contributed by atoms with van der Waals surface area (Å²) in [6, 6.07) is 46.2. The highest BCUT2D eigenvalue weighted by Gasteiger charge is 2.39. The van der Waals surface area contributed by atoms with Crippen LogP contribution in [0.2, 0.25) is 0 Å². The van der Waals surface area contributed by atoms with Crippen LogP contribution in [0.15, 0.2) is 121 Å². The van der Waals surface area contributed by atoms with Crippen LogP contribution in [0, 0.1) is 27.7 Å². The van der Waals surface area contributed by atoms with Crippen molar-refractivity contribution in [3.63, 3.8) is 0 Å². The van der Waals surface area contributed by atoms with Gasteiger partial charge in [0.05, 0.1) is 11.4 Å². The minimum absolute atomic E-state index is 0.153. The average molecular weight is 767 g/mol. The molecule has 0 aliphatic heterocycles. The number of benzene rings is 6. The van der Waals surface area contributed by atoms with Crippen LogP contribution in [0.3, 0.4) is 0 Å². The van der Waals surface area contributed by atoms with E-state index in [0.29, 0.717) is 0 Å². The Labute approximate surface area is 351 Å². The van der Waals surface area contributed by atoms with Gasteiger partial charge in [-0.1, -0.05) is 139 Å². The van der Waals surface area contributed by atoms with Gasteiger partial charge in [-0.2, -0.15) is 0 Å². The van der Waals surface area contributed by atoms with Crippen molar-refractivity contribution < 1.29 is 0 Å². The molecule has 0 saturated heterocycles. The third-order valence-corrected chi connectivity index (χ3v) is 12.9. The highest BCUT2D eigenvalue weighted by Crippen LogP contribution is 2.54. The summed E-state index contributed by atoms with van der Waals surface area (Å²) in [6.45, 7) is 18.6. The van der Waals surface area contributed by atoms with Crippen LogP contribution in [0.25, 0.3) is 11.1 Å². The molecule has 0 heterocycles. The Morgan fingerprint density at radius 1 is 0.414 bits per heavy atom. The lowest BCUT2D eigenvalue weighted by atomic mass is 9.77. The van der Waals surface area contributed by atoms with Crippen molar-refractivity contribution in [1.82, 2.24) is 0 Å². The van der Waals surface area contributed by atoms with Crippen molar-refractivity contribution in [2.24, 2.45) is 0 Å². The lowest BCUT2D eigenvalue weighted by Crippen LogP contribution is -2.21. The second-order valence-corrected chi connectivity index (χ2v) is 17.3. The number of unbranched alkanes of at least 4 members (excludes halogenated alkanes) is 6. The summed E-state index contributed by atoms with van der Waals surface area (Å²) < 4.78 is 0. The Balaban J connectivity index is 1.30. The molecule has 0 amide bonds. The molecule has 1 aliphatic rings. The highest BCUT2D eigenvalue weighted by molar-refractivity contribution is 5.89. The zero-order valence-corrected chi connectivity index (χ0v) is 36.7. The molecule has 0 saturated carbocycles. The Bertz CT molecular complexity index is 2110. The summed E-state index contributed by atoms with van der Waals surface area (Å²) in [4.78, 5) is 5.01. The first kappa shape index (κ1) is 41.1. The van der Waals surface area contributed by atoms with Crippen molar-refractivity contribution in [2.45, 2.75) is 131 Å². The largest absolute Gasteiger partial charge is 0.310 e. The summed E-state index contributed by atoms with van der Waals surface area (Å²) in [5.74, 6) is 0. The maximum atomic E-state index is 2.51. The molecular formula is C56H66N2. The van der Waals surface area contributed by atoms with Gasteiger partial charge in [0, 0.05) is 28.2 Å². The molecule has 1 aliphatic carbocycles. The molecule has 0 fully saturated rings. The van der Waals surface area contributed by atoms with Crippen molar-refractivity contribution in [3.05, 3.63) is 166 Å². The molecule has 2 heteroatoms. The van der Waals surface area contributed by atoms with E-state index in [0.717, 1.165) is 19.3 Å². The van der Waals surface area contributed by atoms with E-state index < -0.39 is 0 Å². The van der Waals surface area contributed by atoms with Gasteiger partial charge in [-0.3, -0.25) is 0 Å². The molecule has 6 aromatic rings. The van der Waals surface area contributed by atoms with E-state index in [1.165, 1.54) is 141 Å². The summed E-state index contributed by atoms with van der Waals surface area (Å²) in [6.07, 6.45) is 13.6. The number of rotatable bonds is 17. The van der Waals surface area contributed by atoms with E-state index in [-0.39, 0.29) is 5.41 Å². The minimum atomic E-state index is -0.153. The van der Waals surface area contributed by atoms with Gasteiger partial charge in [-0.05, 0) is 164 Å². The predicted octanol–water partition coefficient (Wildman–Crippen LogP) is 16.8. The van der Waals surface area contributed by atoms with Crippen molar-refractivity contribution in [2.75, 3.05) is 9.80 Å². The average Bonchev–Trinajstić information content (AvgIpc) is 3.48. The molecule has 2 nitrogen and oxygen atoms in total. The Morgan fingerprint density at radius 2 is 0.793 bits per heavy atom. The smallest absolute Gasteiger partial charge is 0.0520 e. The Hall–Kier alpha value is -5.08. The van der Waals surface area contributed by atoms with E-state index in [1.807, 2.05) is 0 Å². The van der Waals surface area contributed by atoms with Crippen LogP contribution in [0.4, 0.5) is 34.1 Å². The van der Waals surface area contributed by atoms with Gasteiger partial charge in [0.1, 0.15) is 0 Å². The van der Waals surface area contributed by atoms with Gasteiger partial charge < -0.3 is 9.80 Å². The predicted molar refractivity (Wildman–Crippen MR) is 253 cm³/mol. The second kappa shape index (κ2) is 18.2. The zero-order valence-electron chi connectivity index (χ0n) is 36.7. The molecule has 0 aromatic heterocycles. The van der Waals surface area contributed by atoms with Crippen LogP contribution in [0.5, 0.6) is 0 Å². The van der Waals surface area contributed by atoms with E-state index in [4.69, 9.17) is 0 Å². The van der Waals surface area contributed by atoms with Crippen molar-refractivity contribution >= 4 is 34.1 Å². The monoisotopic (exact) mass is 767 g/mol. The first-order valence-corrected chi connectivity index (χ1v) is 22.4. The van der Waals surface area contributed by atoms with Crippen LogP contribution < -0.4 is 9.80 Å². The highest BCUT2D eigenvalue weighted by atomic mass is 15.2. The quantitative estimate of drug-likeness (QED) is 0.0853. The molecule has 300 valence electrons. The van der Waals surface area contributed by atoms with Crippen LogP contribution in [-0.2, 0) is 18.3 Å². The van der Waals surface area contributed by atoms with E-state index >= 15 is 0 Å². The summed E-state index contributed by atoms with van der Waals surface area (Å²) in [5.41, 5.74) is 21.0. The lowest BCUT2D eigenvalue weighted by molar-refractivity contribution is 0.564. The fourth-order valence-electron chi connectivity index (χ4n) is 9.82. The van der Waals surface area contributed by atoms with Gasteiger partial charge in [-0.25, -0.2) is 0 Å². The molecule has 0 N–H and O–H groups in total. The van der Waals surface area contributed by atoms with Gasteiger partial charge in [0.2, 0.25) is 0 Å². The van der Waals surface area contributed by atoms with Gasteiger partial charge in [0.15, 0.2) is 0 Å². The number of para-hydroxylation sites is 2. The van der Waals surface area contributed by atoms with Crippen LogP contribution >= 0.6 is 0 Å². The lowest BCUT2D eigenvalue weighted by Gasteiger charge is -2.32. The van der Waals surface area contributed by atoms with Gasteiger partial charge in [-0.15, -0.1) is 0 Å². The Kier molecular flexibility index (Phi) is 12.9. The van der Waals surface area contributed by atoms with Gasteiger partial charge >= 0.3 is 0 Å². The number of hydrogen-bond donors (Lipinski definition) is 0. The normalized spacial score (nSPS) is 12.7. The van der Waals surface area contributed by atoms with E-state index in [1.54, 1.807) is 0 Å². The first-order valence-electron chi connectivity index (χ1n) is 22.4. The van der Waals surface area contributed by atoms with Crippen LogP contribution in [-0.4, -0.2) is 0 Å². The van der Waals surface area contributed by atoms with Crippen LogP contribution in [0.1, 0.15) is 130 Å². The standard InChI is InChI=1S/C56H66N2/c1-9-12-14-18-24-44-34-40(4)54(41(5)35-44)57(46-26-20-16-21-27-46)48-30-32-50-51-33-31-49(39-53(51)56(8,11-3)52(50)38-48)58(47-28-22-17-23-29-47)55-42(6)36-45(37-43(55)7)25-19-15-13-10-2/h16-17,20-23,26-39H,9-15,18-19,24-25H2,1-8H3. The SMILES string of the molecule is CCCCCCc1cc(C)c(N(c2ccccc2)c2ccc3c(c2)C(C)(CC)c2cc(N(c4ccccc4)c4c(C)cc(CCCCCC)cc4C)ccc2-3)c(C)c1. The number of anilines is 6. The maximum absolute atomic E-state index is 2.51. The molecule has 7 rings (SSSR count). The number of aryl methyl sites for hydroxylation is 6. The van der Waals surface area contributed by atoms with E-state index in [2.05, 4.69) is 187 Å². The fourth-order valence-corrected chi connectivity index (χ4v) is 9.82. The first-order chi connectivity index (χ1) is 28.2. The van der Waals surface area contributed by atoms with Gasteiger partial charge in [0.25, 0.3) is 0 Å². The molecule has 58 heavy (non-hydrogen) atoms. The van der Waals surface area contributed by atoms with Crippen molar-refractivity contribution in [3.8, 4) is 11.1 Å².